The van der Waals surface area contributed by atoms with Crippen molar-refractivity contribution in [1.82, 2.24) is 15.1 Å². The van der Waals surface area contributed by atoms with Gasteiger partial charge in [-0.25, -0.2) is 0 Å². The summed E-state index contributed by atoms with van der Waals surface area (Å²) in [7, 11) is 1.84. The van der Waals surface area contributed by atoms with Crippen LogP contribution in [0.4, 0.5) is 0 Å². The predicted molar refractivity (Wildman–Crippen MR) is 51.5 cm³/mol. The second kappa shape index (κ2) is 5.39. The Kier molecular flexibility index (Phi) is 4.12. The minimum Gasteiger partial charge on any atom is -0.372 e. The molecule has 0 aliphatic rings. The molecule has 1 aromatic rings. The van der Waals surface area contributed by atoms with Gasteiger partial charge >= 0.3 is 0 Å². The van der Waals surface area contributed by atoms with Crippen molar-refractivity contribution in [2.75, 3.05) is 13.2 Å². The minimum absolute atomic E-state index is 0.101. The number of hydrogen-bond acceptors (Lipinski definition) is 3. The molecule has 0 fully saturated rings. The van der Waals surface area contributed by atoms with Crippen LogP contribution in [0.3, 0.4) is 0 Å². The van der Waals surface area contributed by atoms with Gasteiger partial charge in [0, 0.05) is 32.0 Å². The number of carbonyl (C=O) groups is 1. The fourth-order valence-corrected chi connectivity index (χ4v) is 1.01. The molecule has 5 heteroatoms. The average molecular weight is 197 g/mol. The van der Waals surface area contributed by atoms with Crippen molar-refractivity contribution < 1.29 is 9.53 Å². The number of amides is 1. The maximum Gasteiger partial charge on any atom is 0.246 e. The first-order chi connectivity index (χ1) is 6.72. The molecule has 0 aliphatic heterocycles. The van der Waals surface area contributed by atoms with E-state index in [1.165, 1.54) is 0 Å². The molecule has 14 heavy (non-hydrogen) atoms. The molecule has 1 amide bonds. The average Bonchev–Trinajstić information content (AvgIpc) is 2.58. The van der Waals surface area contributed by atoms with E-state index in [-0.39, 0.29) is 12.5 Å². The zero-order valence-corrected chi connectivity index (χ0v) is 8.49. The minimum atomic E-state index is -0.101. The maximum atomic E-state index is 11.1. The fourth-order valence-electron chi connectivity index (χ4n) is 1.01. The Balaban J connectivity index is 2.23. The molecular weight excluding hydrogens is 182 g/mol. The molecule has 0 aliphatic carbocycles. The lowest BCUT2D eigenvalue weighted by Gasteiger charge is -2.02. The summed E-state index contributed by atoms with van der Waals surface area (Å²) in [6, 6.07) is 0. The molecule has 0 saturated carbocycles. The number of ether oxygens (including phenoxy) is 1. The number of carbonyl (C=O) groups excluding carboxylic acids is 1. The maximum absolute atomic E-state index is 11.1. The summed E-state index contributed by atoms with van der Waals surface area (Å²) < 4.78 is 6.65. The molecule has 0 aromatic carbocycles. The summed E-state index contributed by atoms with van der Waals surface area (Å²) in [5.74, 6) is -0.101. The van der Waals surface area contributed by atoms with E-state index in [0.717, 1.165) is 5.56 Å². The topological polar surface area (TPSA) is 56.1 Å². The van der Waals surface area contributed by atoms with Crippen molar-refractivity contribution in [2.45, 2.75) is 13.5 Å². The molecule has 0 saturated heterocycles. The molecule has 1 heterocycles. The highest BCUT2D eigenvalue weighted by Gasteiger charge is 2.01. The highest BCUT2D eigenvalue weighted by atomic mass is 16.5. The summed E-state index contributed by atoms with van der Waals surface area (Å²) in [4.78, 5) is 11.1. The Morgan fingerprint density at radius 3 is 3.07 bits per heavy atom. The molecule has 0 atom stereocenters. The zero-order valence-electron chi connectivity index (χ0n) is 8.49. The molecule has 5 nitrogen and oxygen atoms in total. The van der Waals surface area contributed by atoms with Crippen LogP contribution in [-0.2, 0) is 23.1 Å². The molecular formula is C9H15N3O2. The van der Waals surface area contributed by atoms with Gasteiger partial charge in [-0.05, 0) is 6.92 Å². The van der Waals surface area contributed by atoms with Crippen LogP contribution >= 0.6 is 0 Å². The van der Waals surface area contributed by atoms with E-state index >= 15 is 0 Å². The summed E-state index contributed by atoms with van der Waals surface area (Å²) in [5.41, 5.74) is 0.984. The smallest absolute Gasteiger partial charge is 0.246 e. The lowest BCUT2D eigenvalue weighted by atomic mass is 10.3. The van der Waals surface area contributed by atoms with Gasteiger partial charge in [-0.1, -0.05) is 0 Å². The number of aromatic nitrogens is 2. The second-order valence-electron chi connectivity index (χ2n) is 2.94. The summed E-state index contributed by atoms with van der Waals surface area (Å²) in [6.45, 7) is 3.03. The van der Waals surface area contributed by atoms with Gasteiger partial charge in [0.15, 0.2) is 0 Å². The number of aryl methyl sites for hydroxylation is 1. The lowest BCUT2D eigenvalue weighted by Crippen LogP contribution is -2.26. The first-order valence-electron chi connectivity index (χ1n) is 4.54. The van der Waals surface area contributed by atoms with Crippen LogP contribution < -0.4 is 5.32 Å². The fraction of sp³-hybridized carbons (Fsp3) is 0.556. The Bertz CT molecular complexity index is 296. The Labute approximate surface area is 83.1 Å². The van der Waals surface area contributed by atoms with Crippen molar-refractivity contribution in [3.05, 3.63) is 18.0 Å². The normalized spacial score (nSPS) is 10.1. The predicted octanol–water partition coefficient (Wildman–Crippen LogP) is 0.0728. The van der Waals surface area contributed by atoms with E-state index < -0.39 is 0 Å². The zero-order chi connectivity index (χ0) is 10.4. The van der Waals surface area contributed by atoms with Gasteiger partial charge in [0.1, 0.15) is 6.61 Å². The third kappa shape index (κ3) is 3.57. The lowest BCUT2D eigenvalue weighted by molar-refractivity contribution is -0.125. The highest BCUT2D eigenvalue weighted by Crippen LogP contribution is 1.94. The first kappa shape index (κ1) is 10.7. The highest BCUT2D eigenvalue weighted by molar-refractivity contribution is 5.77. The van der Waals surface area contributed by atoms with Gasteiger partial charge in [-0.15, -0.1) is 0 Å². The van der Waals surface area contributed by atoms with Gasteiger partial charge in [0.25, 0.3) is 0 Å². The SMILES string of the molecule is CCOCC(=O)NCc1cnn(C)c1. The van der Waals surface area contributed by atoms with E-state index in [1.54, 1.807) is 10.9 Å². The third-order valence-electron chi connectivity index (χ3n) is 1.69. The molecule has 0 unspecified atom stereocenters. The van der Waals surface area contributed by atoms with Gasteiger partial charge in [-0.3, -0.25) is 9.48 Å². The van der Waals surface area contributed by atoms with Crippen LogP contribution in [0.5, 0.6) is 0 Å². The Morgan fingerprint density at radius 1 is 1.71 bits per heavy atom. The van der Waals surface area contributed by atoms with E-state index in [9.17, 15) is 4.79 Å². The Hall–Kier alpha value is -1.36. The van der Waals surface area contributed by atoms with Crippen LogP contribution in [0.1, 0.15) is 12.5 Å². The van der Waals surface area contributed by atoms with Crippen molar-refractivity contribution in [1.29, 1.82) is 0 Å². The first-order valence-corrected chi connectivity index (χ1v) is 4.54. The van der Waals surface area contributed by atoms with Crippen molar-refractivity contribution >= 4 is 5.91 Å². The largest absolute Gasteiger partial charge is 0.372 e. The van der Waals surface area contributed by atoms with Crippen LogP contribution in [0.15, 0.2) is 12.4 Å². The van der Waals surface area contributed by atoms with Gasteiger partial charge in [0.05, 0.1) is 6.20 Å². The van der Waals surface area contributed by atoms with Gasteiger partial charge in [-0.2, -0.15) is 5.10 Å². The molecule has 78 valence electrons. The van der Waals surface area contributed by atoms with E-state index in [0.29, 0.717) is 13.2 Å². The van der Waals surface area contributed by atoms with Crippen LogP contribution in [0.25, 0.3) is 0 Å². The van der Waals surface area contributed by atoms with E-state index in [4.69, 9.17) is 4.74 Å². The monoisotopic (exact) mass is 197 g/mol. The van der Waals surface area contributed by atoms with Crippen molar-refractivity contribution in [3.8, 4) is 0 Å². The number of nitrogens with zero attached hydrogens (tertiary/aromatic N) is 2. The summed E-state index contributed by atoms with van der Waals surface area (Å²) in [5, 5.41) is 6.72. The van der Waals surface area contributed by atoms with Gasteiger partial charge < -0.3 is 10.1 Å². The van der Waals surface area contributed by atoms with Gasteiger partial charge in [0.2, 0.25) is 5.91 Å². The van der Waals surface area contributed by atoms with Crippen LogP contribution in [0, 0.1) is 0 Å². The second-order valence-corrected chi connectivity index (χ2v) is 2.94. The molecule has 1 rings (SSSR count). The quantitative estimate of drug-likeness (QED) is 0.727. The molecule has 0 radical (unpaired) electrons. The van der Waals surface area contributed by atoms with E-state index in [2.05, 4.69) is 10.4 Å². The molecule has 1 aromatic heterocycles. The van der Waals surface area contributed by atoms with Crippen molar-refractivity contribution in [3.63, 3.8) is 0 Å². The Morgan fingerprint density at radius 2 is 2.50 bits per heavy atom. The van der Waals surface area contributed by atoms with Crippen molar-refractivity contribution in [2.24, 2.45) is 7.05 Å². The van der Waals surface area contributed by atoms with Crippen LogP contribution in [0.2, 0.25) is 0 Å². The molecule has 0 spiro atoms. The number of rotatable bonds is 5. The third-order valence-corrected chi connectivity index (χ3v) is 1.69. The van der Waals surface area contributed by atoms with Crippen LogP contribution in [-0.4, -0.2) is 28.9 Å². The van der Waals surface area contributed by atoms with E-state index in [1.807, 2.05) is 20.2 Å². The standard InChI is InChI=1S/C9H15N3O2/c1-3-14-7-9(13)10-4-8-5-11-12(2)6-8/h5-6H,3-4,7H2,1-2H3,(H,10,13). The number of hydrogen-bond donors (Lipinski definition) is 1. The molecule has 1 N–H and O–H groups in total. The molecule has 0 bridgehead atoms. The number of nitrogens with one attached hydrogen (secondary N) is 1. The summed E-state index contributed by atoms with van der Waals surface area (Å²) in [6.07, 6.45) is 3.59. The summed E-state index contributed by atoms with van der Waals surface area (Å²) >= 11 is 0.